The van der Waals surface area contributed by atoms with E-state index in [1.54, 1.807) is 0 Å². The average molecular weight is 964 g/mol. The lowest BCUT2D eigenvalue weighted by Gasteiger charge is -2.18. The highest BCUT2D eigenvalue weighted by Gasteiger charge is 2.19. The number of hydrogen-bond donors (Lipinski definition) is 0. The monoisotopic (exact) mass is 963 g/mol. The maximum Gasteiger partial charge on any atom is 0.306 e. The van der Waals surface area contributed by atoms with Crippen molar-refractivity contribution in [3.8, 4) is 0 Å². The highest BCUT2D eigenvalue weighted by molar-refractivity contribution is 5.71. The predicted molar refractivity (Wildman–Crippen MR) is 298 cm³/mol. The lowest BCUT2D eigenvalue weighted by molar-refractivity contribution is -0.167. The summed E-state index contributed by atoms with van der Waals surface area (Å²) in [6.45, 7) is 6.51. The number of unbranched alkanes of at least 4 members (excludes halogenated alkanes) is 30. The molecule has 0 rings (SSSR count). The van der Waals surface area contributed by atoms with Gasteiger partial charge in [-0.15, -0.1) is 0 Å². The number of carbonyl (C=O) groups excluding carboxylic acids is 3. The summed E-state index contributed by atoms with van der Waals surface area (Å²) in [7, 11) is 0. The van der Waals surface area contributed by atoms with Crippen molar-refractivity contribution in [1.29, 1.82) is 0 Å². The Morgan fingerprint density at radius 2 is 0.565 bits per heavy atom. The molecular formula is C63H110O6. The van der Waals surface area contributed by atoms with Gasteiger partial charge in [-0.1, -0.05) is 254 Å². The van der Waals surface area contributed by atoms with Crippen LogP contribution in [0.4, 0.5) is 0 Å². The van der Waals surface area contributed by atoms with Crippen molar-refractivity contribution >= 4 is 17.9 Å². The van der Waals surface area contributed by atoms with Crippen LogP contribution in [-0.4, -0.2) is 37.2 Å². The summed E-state index contributed by atoms with van der Waals surface area (Å²) in [5, 5.41) is 0. The molecule has 0 radical (unpaired) electrons. The lowest BCUT2D eigenvalue weighted by atomic mass is 10.0. The Morgan fingerprint density at radius 1 is 0.304 bits per heavy atom. The minimum absolute atomic E-state index is 0.0852. The number of rotatable bonds is 53. The molecule has 1 atom stereocenters. The molecule has 0 fully saturated rings. The number of carbonyl (C=O) groups is 3. The molecule has 0 aromatic carbocycles. The molecule has 0 aliphatic carbocycles. The first kappa shape index (κ1) is 65.8. The van der Waals surface area contributed by atoms with Crippen molar-refractivity contribution < 1.29 is 28.6 Å². The molecule has 1 unspecified atom stereocenters. The zero-order valence-corrected chi connectivity index (χ0v) is 45.6. The van der Waals surface area contributed by atoms with Crippen LogP contribution in [-0.2, 0) is 28.6 Å². The number of allylic oxidation sites excluding steroid dienone is 12. The smallest absolute Gasteiger partial charge is 0.306 e. The Hall–Kier alpha value is -3.15. The van der Waals surface area contributed by atoms with E-state index in [2.05, 4.69) is 93.7 Å². The molecule has 6 nitrogen and oxygen atoms in total. The first-order valence-electron chi connectivity index (χ1n) is 29.4. The van der Waals surface area contributed by atoms with Gasteiger partial charge in [-0.3, -0.25) is 14.4 Å². The standard InChI is InChI=1S/C63H110O6/c1-4-7-10-13-16-19-22-25-28-30-31-33-35-38-41-44-47-50-53-56-62(65)68-59-60(58-67-61(64)55-52-49-46-43-40-37-34-27-24-21-18-15-12-9-6-3)69-63(66)57-54-51-48-45-42-39-36-32-29-26-23-20-17-14-11-8-5-2/h7,10,16,18-19,21,25,27-28,31,33-34,60H,4-6,8-9,11-15,17,20,22-24,26,29-30,32,35-59H2,1-3H3/b10-7-,19-16-,21-18-,28-25-,33-31-,34-27-. The molecule has 6 heteroatoms. The van der Waals surface area contributed by atoms with Crippen LogP contribution in [0.25, 0.3) is 0 Å². The van der Waals surface area contributed by atoms with E-state index in [1.807, 2.05) is 0 Å². The van der Waals surface area contributed by atoms with E-state index < -0.39 is 6.10 Å². The van der Waals surface area contributed by atoms with E-state index in [0.29, 0.717) is 19.3 Å². The molecule has 0 saturated heterocycles. The molecule has 0 aliphatic rings. The highest BCUT2D eigenvalue weighted by atomic mass is 16.6. The first-order valence-corrected chi connectivity index (χ1v) is 29.4. The van der Waals surface area contributed by atoms with Crippen LogP contribution in [0.5, 0.6) is 0 Å². The minimum atomic E-state index is -0.786. The van der Waals surface area contributed by atoms with Crippen LogP contribution in [0.1, 0.15) is 290 Å². The van der Waals surface area contributed by atoms with Gasteiger partial charge in [-0.2, -0.15) is 0 Å². The average Bonchev–Trinajstić information content (AvgIpc) is 3.35. The molecule has 69 heavy (non-hydrogen) atoms. The van der Waals surface area contributed by atoms with Gasteiger partial charge < -0.3 is 14.2 Å². The minimum Gasteiger partial charge on any atom is -0.462 e. The quantitative estimate of drug-likeness (QED) is 0.0262. The van der Waals surface area contributed by atoms with Crippen molar-refractivity contribution in [2.24, 2.45) is 0 Å². The van der Waals surface area contributed by atoms with Crippen LogP contribution in [0.2, 0.25) is 0 Å². The topological polar surface area (TPSA) is 78.9 Å². The zero-order chi connectivity index (χ0) is 50.0. The van der Waals surface area contributed by atoms with Gasteiger partial charge in [0.05, 0.1) is 0 Å². The predicted octanol–water partition coefficient (Wildman–Crippen LogP) is 19.8. The van der Waals surface area contributed by atoms with Crippen molar-refractivity contribution in [3.05, 3.63) is 72.9 Å². The third-order valence-corrected chi connectivity index (χ3v) is 12.7. The van der Waals surface area contributed by atoms with Crippen molar-refractivity contribution in [2.45, 2.75) is 297 Å². The van der Waals surface area contributed by atoms with Crippen LogP contribution in [0, 0.1) is 0 Å². The second-order valence-corrected chi connectivity index (χ2v) is 19.5. The zero-order valence-electron chi connectivity index (χ0n) is 45.6. The fourth-order valence-electron chi connectivity index (χ4n) is 8.29. The molecule has 0 heterocycles. The molecule has 0 N–H and O–H groups in total. The second kappa shape index (κ2) is 57.4. The van der Waals surface area contributed by atoms with Crippen molar-refractivity contribution in [2.75, 3.05) is 13.2 Å². The Balaban J connectivity index is 4.40. The van der Waals surface area contributed by atoms with Crippen LogP contribution < -0.4 is 0 Å². The van der Waals surface area contributed by atoms with E-state index in [0.717, 1.165) is 109 Å². The second-order valence-electron chi connectivity index (χ2n) is 19.5. The normalized spacial score (nSPS) is 12.6. The van der Waals surface area contributed by atoms with Gasteiger partial charge in [0.15, 0.2) is 6.10 Å². The lowest BCUT2D eigenvalue weighted by Crippen LogP contribution is -2.30. The van der Waals surface area contributed by atoms with E-state index in [9.17, 15) is 14.4 Å². The molecule has 0 amide bonds. The van der Waals surface area contributed by atoms with Gasteiger partial charge in [0.25, 0.3) is 0 Å². The van der Waals surface area contributed by atoms with Crippen molar-refractivity contribution in [1.82, 2.24) is 0 Å². The summed E-state index contributed by atoms with van der Waals surface area (Å²) in [5.74, 6) is -0.900. The Labute approximate surface area is 427 Å². The van der Waals surface area contributed by atoms with Crippen LogP contribution >= 0.6 is 0 Å². The van der Waals surface area contributed by atoms with Gasteiger partial charge in [-0.05, 0) is 89.9 Å². The van der Waals surface area contributed by atoms with E-state index in [-0.39, 0.29) is 31.1 Å². The third kappa shape index (κ3) is 55.6. The van der Waals surface area contributed by atoms with Gasteiger partial charge in [0, 0.05) is 19.3 Å². The van der Waals surface area contributed by atoms with Gasteiger partial charge in [0.2, 0.25) is 0 Å². The van der Waals surface area contributed by atoms with Gasteiger partial charge in [0.1, 0.15) is 13.2 Å². The molecular weight excluding hydrogens is 853 g/mol. The number of esters is 3. The van der Waals surface area contributed by atoms with Crippen LogP contribution in [0.15, 0.2) is 72.9 Å². The summed E-state index contributed by atoms with van der Waals surface area (Å²) in [6.07, 6.45) is 73.2. The van der Waals surface area contributed by atoms with E-state index >= 15 is 0 Å². The number of hydrogen-bond acceptors (Lipinski definition) is 6. The molecule has 0 aromatic heterocycles. The summed E-state index contributed by atoms with van der Waals surface area (Å²) in [5.41, 5.74) is 0. The Kier molecular flexibility index (Phi) is 54.8. The highest BCUT2D eigenvalue weighted by Crippen LogP contribution is 2.16. The fraction of sp³-hybridized carbons (Fsp3) is 0.762. The van der Waals surface area contributed by atoms with Gasteiger partial charge in [-0.25, -0.2) is 0 Å². The molecule has 0 spiro atoms. The summed E-state index contributed by atoms with van der Waals surface area (Å²) < 4.78 is 16.9. The Bertz CT molecular complexity index is 1290. The van der Waals surface area contributed by atoms with Crippen LogP contribution in [0.3, 0.4) is 0 Å². The molecule has 0 saturated carbocycles. The van der Waals surface area contributed by atoms with E-state index in [4.69, 9.17) is 14.2 Å². The summed E-state index contributed by atoms with van der Waals surface area (Å²) in [4.78, 5) is 38.2. The molecule has 0 bridgehead atoms. The SMILES string of the molecule is CC/C=C\C/C=C\C/C=C\C/C=C\CCCCCCCCC(=O)OCC(COC(=O)CCCCCCC/C=C\C/C=C\CCCCC)OC(=O)CCCCCCCCCCCCCCCCCCC. The fourth-order valence-corrected chi connectivity index (χ4v) is 8.29. The summed E-state index contributed by atoms with van der Waals surface area (Å²) >= 11 is 0. The van der Waals surface area contributed by atoms with Gasteiger partial charge >= 0.3 is 17.9 Å². The largest absolute Gasteiger partial charge is 0.462 e. The molecule has 398 valence electrons. The van der Waals surface area contributed by atoms with E-state index in [1.165, 1.54) is 141 Å². The maximum atomic E-state index is 12.9. The maximum absolute atomic E-state index is 12.9. The molecule has 0 aromatic rings. The summed E-state index contributed by atoms with van der Waals surface area (Å²) in [6, 6.07) is 0. The molecule has 0 aliphatic heterocycles. The van der Waals surface area contributed by atoms with Crippen molar-refractivity contribution in [3.63, 3.8) is 0 Å². The first-order chi connectivity index (χ1) is 34.0. The number of ether oxygens (including phenoxy) is 3. The Morgan fingerprint density at radius 3 is 0.913 bits per heavy atom. The third-order valence-electron chi connectivity index (χ3n) is 12.7.